The number of amides is 1. The van der Waals surface area contributed by atoms with Crippen LogP contribution in [0, 0.1) is 0 Å². The summed E-state index contributed by atoms with van der Waals surface area (Å²) in [5.74, 6) is -0.580. The molecule has 5 nitrogen and oxygen atoms in total. The van der Waals surface area contributed by atoms with Crippen LogP contribution in [-0.2, 0) is 14.6 Å². The highest BCUT2D eigenvalue weighted by Crippen LogP contribution is 2.22. The van der Waals surface area contributed by atoms with Crippen LogP contribution in [0.2, 0.25) is 5.02 Å². The molecule has 26 heavy (non-hydrogen) atoms. The van der Waals surface area contributed by atoms with E-state index >= 15 is 0 Å². The zero-order valence-electron chi connectivity index (χ0n) is 14.9. The molecule has 1 unspecified atom stereocenters. The van der Waals surface area contributed by atoms with Crippen LogP contribution in [0.4, 0.5) is 0 Å². The molecule has 0 saturated heterocycles. The van der Waals surface area contributed by atoms with Gasteiger partial charge in [-0.15, -0.1) is 0 Å². The second kappa shape index (κ2) is 9.16. The van der Waals surface area contributed by atoms with E-state index in [4.69, 9.17) is 11.6 Å². The Morgan fingerprint density at radius 3 is 2.31 bits per heavy atom. The van der Waals surface area contributed by atoms with E-state index in [1.54, 1.807) is 12.1 Å². The summed E-state index contributed by atoms with van der Waals surface area (Å²) in [5, 5.41) is 2.99. The lowest BCUT2D eigenvalue weighted by Crippen LogP contribution is -2.35. The summed E-state index contributed by atoms with van der Waals surface area (Å²) in [6, 6.07) is 16.1. The van der Waals surface area contributed by atoms with Crippen molar-refractivity contribution in [3.05, 3.63) is 65.2 Å². The fourth-order valence-corrected chi connectivity index (χ4v) is 4.42. The number of benzene rings is 2. The van der Waals surface area contributed by atoms with E-state index < -0.39 is 9.84 Å². The van der Waals surface area contributed by atoms with Crippen LogP contribution in [-0.4, -0.2) is 45.6 Å². The van der Waals surface area contributed by atoms with Crippen LogP contribution in [0.15, 0.2) is 59.5 Å². The van der Waals surface area contributed by atoms with E-state index in [1.807, 2.05) is 49.3 Å². The van der Waals surface area contributed by atoms with Crippen LogP contribution < -0.4 is 5.32 Å². The number of sulfone groups is 1. The zero-order chi connectivity index (χ0) is 19.2. The van der Waals surface area contributed by atoms with Crippen molar-refractivity contribution in [3.8, 4) is 0 Å². The van der Waals surface area contributed by atoms with E-state index in [0.717, 1.165) is 5.56 Å². The molecule has 0 aliphatic carbocycles. The van der Waals surface area contributed by atoms with Crippen molar-refractivity contribution in [2.75, 3.05) is 26.4 Å². The maximum atomic E-state index is 12.4. The first-order valence-electron chi connectivity index (χ1n) is 8.26. The van der Waals surface area contributed by atoms with Crippen molar-refractivity contribution in [1.82, 2.24) is 10.2 Å². The standard InChI is InChI=1S/C19H23ClN2O3S/c1-22(2)17(15-8-4-3-5-9-15)14-21-19(23)12-13-26(24,25)18-11-7-6-10-16(18)20/h3-11,17H,12-14H2,1-2H3,(H,21,23). The number of nitrogens with one attached hydrogen (secondary N) is 1. The summed E-state index contributed by atoms with van der Waals surface area (Å²) in [5.41, 5.74) is 1.08. The molecule has 0 aliphatic heterocycles. The Kier molecular flexibility index (Phi) is 7.20. The van der Waals surface area contributed by atoms with Crippen LogP contribution in [0.1, 0.15) is 18.0 Å². The fourth-order valence-electron chi connectivity index (χ4n) is 2.61. The van der Waals surface area contributed by atoms with Crippen molar-refractivity contribution in [2.45, 2.75) is 17.4 Å². The van der Waals surface area contributed by atoms with Crippen LogP contribution in [0.25, 0.3) is 0 Å². The molecular weight excluding hydrogens is 372 g/mol. The Labute approximate surface area is 159 Å². The summed E-state index contributed by atoms with van der Waals surface area (Å²) >= 11 is 5.94. The smallest absolute Gasteiger partial charge is 0.221 e. The van der Waals surface area contributed by atoms with Crippen molar-refractivity contribution in [3.63, 3.8) is 0 Å². The molecular formula is C19H23ClN2O3S. The van der Waals surface area contributed by atoms with Gasteiger partial charge in [0.05, 0.1) is 21.7 Å². The Bertz CT molecular complexity index is 839. The van der Waals surface area contributed by atoms with Gasteiger partial charge in [-0.3, -0.25) is 4.79 Å². The number of hydrogen-bond acceptors (Lipinski definition) is 4. The molecule has 1 N–H and O–H groups in total. The van der Waals surface area contributed by atoms with Gasteiger partial charge in [-0.05, 0) is 31.8 Å². The summed E-state index contributed by atoms with van der Waals surface area (Å²) in [7, 11) is 0.276. The number of rotatable bonds is 8. The molecule has 7 heteroatoms. The third-order valence-electron chi connectivity index (χ3n) is 4.07. The highest BCUT2D eigenvalue weighted by atomic mass is 35.5. The molecule has 0 aromatic heterocycles. The first kappa shape index (κ1) is 20.4. The Hall–Kier alpha value is -1.89. The largest absolute Gasteiger partial charge is 0.354 e. The molecule has 140 valence electrons. The highest BCUT2D eigenvalue weighted by Gasteiger charge is 2.20. The predicted octanol–water partition coefficient (Wildman–Crippen LogP) is 2.92. The molecule has 1 amide bonds. The van der Waals surface area contributed by atoms with E-state index in [0.29, 0.717) is 6.54 Å². The average molecular weight is 395 g/mol. The maximum absolute atomic E-state index is 12.4. The molecule has 0 saturated carbocycles. The molecule has 1 atom stereocenters. The molecule has 0 bridgehead atoms. The molecule has 2 aromatic carbocycles. The topological polar surface area (TPSA) is 66.5 Å². The van der Waals surface area contributed by atoms with Gasteiger partial charge in [0.1, 0.15) is 0 Å². The monoisotopic (exact) mass is 394 g/mol. The lowest BCUT2D eigenvalue weighted by atomic mass is 10.1. The fraction of sp³-hybridized carbons (Fsp3) is 0.316. The van der Waals surface area contributed by atoms with Gasteiger partial charge in [-0.1, -0.05) is 54.1 Å². The molecule has 2 rings (SSSR count). The Balaban J connectivity index is 1.93. The van der Waals surface area contributed by atoms with E-state index in [1.165, 1.54) is 12.1 Å². The van der Waals surface area contributed by atoms with Gasteiger partial charge in [-0.2, -0.15) is 0 Å². The quantitative estimate of drug-likeness (QED) is 0.747. The Morgan fingerprint density at radius 2 is 1.69 bits per heavy atom. The van der Waals surface area contributed by atoms with Gasteiger partial charge in [0.15, 0.2) is 9.84 Å². The van der Waals surface area contributed by atoms with E-state index in [-0.39, 0.29) is 34.0 Å². The summed E-state index contributed by atoms with van der Waals surface area (Å²) in [6.07, 6.45) is -0.109. The lowest BCUT2D eigenvalue weighted by molar-refractivity contribution is -0.120. The number of carbonyl (C=O) groups is 1. The zero-order valence-corrected chi connectivity index (χ0v) is 16.4. The number of hydrogen-bond donors (Lipinski definition) is 1. The number of halogens is 1. The van der Waals surface area contributed by atoms with Crippen molar-refractivity contribution < 1.29 is 13.2 Å². The van der Waals surface area contributed by atoms with Gasteiger partial charge in [0.2, 0.25) is 5.91 Å². The minimum Gasteiger partial charge on any atom is -0.354 e. The lowest BCUT2D eigenvalue weighted by Gasteiger charge is -2.25. The first-order valence-corrected chi connectivity index (χ1v) is 10.3. The van der Waals surface area contributed by atoms with Gasteiger partial charge in [-0.25, -0.2) is 8.42 Å². The Morgan fingerprint density at radius 1 is 1.08 bits per heavy atom. The van der Waals surface area contributed by atoms with Gasteiger partial charge in [0, 0.05) is 13.0 Å². The average Bonchev–Trinajstić information content (AvgIpc) is 2.61. The van der Waals surface area contributed by atoms with Gasteiger partial charge >= 0.3 is 0 Å². The minimum absolute atomic E-state index is 0.0142. The van der Waals surface area contributed by atoms with E-state index in [9.17, 15) is 13.2 Å². The minimum atomic E-state index is -3.60. The molecule has 0 heterocycles. The van der Waals surface area contributed by atoms with Crippen molar-refractivity contribution >= 4 is 27.3 Å². The molecule has 0 fully saturated rings. The van der Waals surface area contributed by atoms with Crippen molar-refractivity contribution in [1.29, 1.82) is 0 Å². The van der Waals surface area contributed by atoms with E-state index in [2.05, 4.69) is 5.32 Å². The van der Waals surface area contributed by atoms with Crippen LogP contribution >= 0.6 is 11.6 Å². The first-order chi connectivity index (χ1) is 12.3. The van der Waals surface area contributed by atoms with Gasteiger partial charge < -0.3 is 10.2 Å². The van der Waals surface area contributed by atoms with Crippen LogP contribution in [0.3, 0.4) is 0 Å². The van der Waals surface area contributed by atoms with Gasteiger partial charge in [0.25, 0.3) is 0 Å². The normalized spacial score (nSPS) is 12.8. The summed E-state index contributed by atoms with van der Waals surface area (Å²) < 4.78 is 24.7. The number of carbonyl (C=O) groups excluding carboxylic acids is 1. The van der Waals surface area contributed by atoms with Crippen LogP contribution in [0.5, 0.6) is 0 Å². The molecule has 2 aromatic rings. The second-order valence-electron chi connectivity index (χ2n) is 6.19. The summed E-state index contributed by atoms with van der Waals surface area (Å²) in [4.78, 5) is 14.2. The second-order valence-corrected chi connectivity index (χ2v) is 8.68. The number of nitrogens with zero attached hydrogens (tertiary/aromatic N) is 1. The summed E-state index contributed by atoms with van der Waals surface area (Å²) in [6.45, 7) is 0.405. The predicted molar refractivity (Wildman–Crippen MR) is 104 cm³/mol. The number of likely N-dealkylation sites (N-methyl/N-ethyl adjacent to an activating group) is 1. The van der Waals surface area contributed by atoms with Crippen molar-refractivity contribution in [2.24, 2.45) is 0 Å². The third kappa shape index (κ3) is 5.56. The third-order valence-corrected chi connectivity index (χ3v) is 6.28. The highest BCUT2D eigenvalue weighted by molar-refractivity contribution is 7.91. The maximum Gasteiger partial charge on any atom is 0.221 e. The SMILES string of the molecule is CN(C)C(CNC(=O)CCS(=O)(=O)c1ccccc1Cl)c1ccccc1. The molecule has 0 radical (unpaired) electrons. The molecule has 0 spiro atoms. The molecule has 0 aliphatic rings.